The molecule has 1 heterocycles. The molecule has 0 spiro atoms. The van der Waals surface area contributed by atoms with Crippen LogP contribution in [-0.2, 0) is 20.0 Å². The van der Waals surface area contributed by atoms with Crippen molar-refractivity contribution in [2.45, 2.75) is 26.3 Å². The van der Waals surface area contributed by atoms with E-state index in [0.29, 0.717) is 0 Å². The van der Waals surface area contributed by atoms with Crippen molar-refractivity contribution in [3.05, 3.63) is 18.2 Å². The summed E-state index contributed by atoms with van der Waals surface area (Å²) in [6.45, 7) is 3.37. The van der Waals surface area contributed by atoms with Crippen LogP contribution in [0.4, 0.5) is 0 Å². The lowest BCUT2D eigenvalue weighted by Crippen LogP contribution is -2.31. The van der Waals surface area contributed by atoms with Crippen LogP contribution in [0.15, 0.2) is 12.4 Å². The summed E-state index contributed by atoms with van der Waals surface area (Å²) >= 11 is 1.92. The molecule has 0 saturated carbocycles. The Labute approximate surface area is 85.0 Å². The topological polar surface area (TPSA) is 8.81 Å². The second-order valence-corrected chi connectivity index (χ2v) is 4.20. The molecule has 1 aromatic rings. The zero-order valence-corrected chi connectivity index (χ0v) is 9.60. The molecule has 0 radical (unpaired) electrons. The van der Waals surface area contributed by atoms with Crippen molar-refractivity contribution in [1.82, 2.24) is 4.57 Å². The Bertz CT molecular complexity index is 255. The zero-order valence-electron chi connectivity index (χ0n) is 8.79. The van der Waals surface area contributed by atoms with E-state index in [0.717, 1.165) is 13.0 Å². The number of nitrogens with zero attached hydrogens (tertiary/aromatic N) is 2. The highest BCUT2D eigenvalue weighted by atomic mass is 32.2. The van der Waals surface area contributed by atoms with Gasteiger partial charge in [0.05, 0.1) is 13.6 Å². The third kappa shape index (κ3) is 2.76. The molecule has 0 N–H and O–H groups in total. The minimum Gasteiger partial charge on any atom is -0.237 e. The highest BCUT2D eigenvalue weighted by Gasteiger charge is 2.10. The van der Waals surface area contributed by atoms with Crippen molar-refractivity contribution in [3.8, 4) is 0 Å². The molecule has 2 nitrogen and oxygen atoms in total. The molecule has 74 valence electrons. The Morgan fingerprint density at radius 3 is 2.92 bits per heavy atom. The first kappa shape index (κ1) is 10.6. The van der Waals surface area contributed by atoms with Crippen LogP contribution in [0.1, 0.15) is 19.2 Å². The Hall–Kier alpha value is -0.440. The number of aromatic nitrogens is 2. The minimum atomic E-state index is 1.11. The van der Waals surface area contributed by atoms with E-state index in [2.05, 4.69) is 41.8 Å². The molecule has 0 amide bonds. The summed E-state index contributed by atoms with van der Waals surface area (Å²) in [7, 11) is 2.11. The van der Waals surface area contributed by atoms with E-state index >= 15 is 0 Å². The van der Waals surface area contributed by atoms with E-state index in [1.807, 2.05) is 11.8 Å². The molecular formula is C10H19N2S+. The average molecular weight is 199 g/mol. The van der Waals surface area contributed by atoms with E-state index in [9.17, 15) is 0 Å². The molecule has 0 atom stereocenters. The van der Waals surface area contributed by atoms with Crippen molar-refractivity contribution in [2.75, 3.05) is 12.0 Å². The van der Waals surface area contributed by atoms with Gasteiger partial charge >= 0.3 is 0 Å². The molecule has 3 heteroatoms. The second kappa shape index (κ2) is 5.32. The van der Waals surface area contributed by atoms with Crippen LogP contribution in [0.3, 0.4) is 0 Å². The molecule has 1 aromatic heterocycles. The lowest BCUT2D eigenvalue weighted by atomic mass is 10.4. The molecule has 0 fully saturated rings. The monoisotopic (exact) mass is 199 g/mol. The van der Waals surface area contributed by atoms with E-state index in [4.69, 9.17) is 0 Å². The number of hydrogen-bond acceptors (Lipinski definition) is 1. The van der Waals surface area contributed by atoms with Crippen LogP contribution in [0.2, 0.25) is 0 Å². The van der Waals surface area contributed by atoms with Gasteiger partial charge in [0, 0.05) is 6.42 Å². The van der Waals surface area contributed by atoms with Gasteiger partial charge in [-0.25, -0.2) is 9.13 Å². The summed E-state index contributed by atoms with van der Waals surface area (Å²) in [6.07, 6.45) is 8.86. The first-order valence-electron chi connectivity index (χ1n) is 4.82. The summed E-state index contributed by atoms with van der Waals surface area (Å²) < 4.78 is 4.56. The van der Waals surface area contributed by atoms with Crippen molar-refractivity contribution in [2.24, 2.45) is 7.05 Å². The van der Waals surface area contributed by atoms with Crippen LogP contribution in [0.5, 0.6) is 0 Å². The summed E-state index contributed by atoms with van der Waals surface area (Å²) in [5, 5.41) is 0. The highest BCUT2D eigenvalue weighted by molar-refractivity contribution is 7.98. The summed E-state index contributed by atoms with van der Waals surface area (Å²) in [6, 6.07) is 0. The maximum absolute atomic E-state index is 2.36. The molecule has 0 saturated heterocycles. The summed E-state index contributed by atoms with van der Waals surface area (Å²) in [5.41, 5.74) is 0. The molecule has 0 aliphatic carbocycles. The van der Waals surface area contributed by atoms with Crippen LogP contribution >= 0.6 is 11.8 Å². The van der Waals surface area contributed by atoms with Crippen LogP contribution in [0.25, 0.3) is 0 Å². The Kier molecular flexibility index (Phi) is 4.36. The van der Waals surface area contributed by atoms with Gasteiger partial charge in [-0.3, -0.25) is 0 Å². The van der Waals surface area contributed by atoms with Gasteiger partial charge in [-0.15, -0.1) is 0 Å². The molecule has 0 bridgehead atoms. The van der Waals surface area contributed by atoms with E-state index < -0.39 is 0 Å². The van der Waals surface area contributed by atoms with Gasteiger partial charge < -0.3 is 0 Å². The van der Waals surface area contributed by atoms with Gasteiger partial charge in [-0.1, -0.05) is 6.92 Å². The molecule has 13 heavy (non-hydrogen) atoms. The van der Waals surface area contributed by atoms with E-state index in [-0.39, 0.29) is 0 Å². The largest absolute Gasteiger partial charge is 0.255 e. The normalized spacial score (nSPS) is 10.7. The number of hydrogen-bond donors (Lipinski definition) is 0. The number of aryl methyl sites for hydroxylation is 2. The fourth-order valence-electron chi connectivity index (χ4n) is 1.59. The Balaban J connectivity index is 2.55. The predicted octanol–water partition coefficient (Wildman–Crippen LogP) is 1.63. The molecule has 0 unspecified atom stereocenters. The molecule has 0 aliphatic heterocycles. The van der Waals surface area contributed by atoms with Gasteiger partial charge in [0.15, 0.2) is 0 Å². The van der Waals surface area contributed by atoms with Crippen molar-refractivity contribution in [3.63, 3.8) is 0 Å². The van der Waals surface area contributed by atoms with Crippen LogP contribution < -0.4 is 4.57 Å². The van der Waals surface area contributed by atoms with Crippen LogP contribution in [-0.4, -0.2) is 16.6 Å². The Morgan fingerprint density at radius 1 is 1.54 bits per heavy atom. The average Bonchev–Trinajstić information content (AvgIpc) is 2.47. The smallest absolute Gasteiger partial charge is 0.237 e. The molecule has 1 rings (SSSR count). The van der Waals surface area contributed by atoms with Crippen LogP contribution in [0, 0.1) is 0 Å². The van der Waals surface area contributed by atoms with Crippen molar-refractivity contribution < 1.29 is 4.57 Å². The van der Waals surface area contributed by atoms with Gasteiger partial charge in [-0.2, -0.15) is 11.8 Å². The van der Waals surface area contributed by atoms with E-state index in [1.165, 1.54) is 18.0 Å². The SMILES string of the molecule is CCc1n(CCCSC)cc[n+]1C. The Morgan fingerprint density at radius 2 is 2.31 bits per heavy atom. The summed E-state index contributed by atoms with van der Waals surface area (Å²) in [5.74, 6) is 2.67. The lowest BCUT2D eigenvalue weighted by molar-refractivity contribution is -0.678. The number of imidazole rings is 1. The first-order chi connectivity index (χ1) is 6.29. The highest BCUT2D eigenvalue weighted by Crippen LogP contribution is 2.01. The third-order valence-electron chi connectivity index (χ3n) is 2.27. The van der Waals surface area contributed by atoms with Crippen molar-refractivity contribution in [1.29, 1.82) is 0 Å². The second-order valence-electron chi connectivity index (χ2n) is 3.22. The lowest BCUT2D eigenvalue weighted by Gasteiger charge is -1.99. The zero-order chi connectivity index (χ0) is 9.68. The molecular weight excluding hydrogens is 180 g/mol. The van der Waals surface area contributed by atoms with E-state index in [1.54, 1.807) is 0 Å². The number of thioether (sulfide) groups is 1. The predicted molar refractivity (Wildman–Crippen MR) is 58.0 cm³/mol. The summed E-state index contributed by atoms with van der Waals surface area (Å²) in [4.78, 5) is 0. The van der Waals surface area contributed by atoms with Gasteiger partial charge in [0.2, 0.25) is 0 Å². The minimum absolute atomic E-state index is 1.11. The standard InChI is InChI=1S/C10H19N2S/c1-4-10-11(2)7-8-12(10)6-5-9-13-3/h7-8H,4-6,9H2,1-3H3/q+1. The maximum Gasteiger partial charge on any atom is 0.255 e. The third-order valence-corrected chi connectivity index (χ3v) is 2.97. The molecule has 0 aromatic carbocycles. The first-order valence-corrected chi connectivity index (χ1v) is 6.21. The van der Waals surface area contributed by atoms with Gasteiger partial charge in [-0.05, 0) is 18.4 Å². The molecule has 0 aliphatic rings. The van der Waals surface area contributed by atoms with Gasteiger partial charge in [0.25, 0.3) is 5.82 Å². The fourth-order valence-corrected chi connectivity index (χ4v) is 2.01. The van der Waals surface area contributed by atoms with Gasteiger partial charge in [0.1, 0.15) is 12.4 Å². The van der Waals surface area contributed by atoms with Crippen molar-refractivity contribution >= 4 is 11.8 Å². The quantitative estimate of drug-likeness (QED) is 0.517. The fraction of sp³-hybridized carbons (Fsp3) is 0.700. The maximum atomic E-state index is 2.36. The number of rotatable bonds is 5.